The summed E-state index contributed by atoms with van der Waals surface area (Å²) in [5.41, 5.74) is 4.67. The van der Waals surface area contributed by atoms with E-state index in [0.29, 0.717) is 39.5 Å². The second kappa shape index (κ2) is 10.2. The lowest BCUT2D eigenvalue weighted by Crippen LogP contribution is -2.29. The lowest BCUT2D eigenvalue weighted by Gasteiger charge is -2.26. The number of hydrogen-bond acceptors (Lipinski definition) is 7. The van der Waals surface area contributed by atoms with Gasteiger partial charge in [-0.2, -0.15) is 5.10 Å². The molecule has 1 unspecified atom stereocenters. The van der Waals surface area contributed by atoms with Crippen LogP contribution >= 0.6 is 0 Å². The molecule has 0 fully saturated rings. The third kappa shape index (κ3) is 4.28. The molecule has 0 saturated carbocycles. The molecule has 9 nitrogen and oxygen atoms in total. The zero-order chi connectivity index (χ0) is 26.8. The minimum atomic E-state index is -0.548. The van der Waals surface area contributed by atoms with Gasteiger partial charge in [0.25, 0.3) is 5.91 Å². The maximum absolute atomic E-state index is 13.7. The van der Waals surface area contributed by atoms with Gasteiger partial charge in [0.15, 0.2) is 0 Å². The number of nitrogens with one attached hydrogen (secondary N) is 1. The topological polar surface area (TPSA) is 111 Å². The van der Waals surface area contributed by atoms with Crippen LogP contribution in [0.5, 0.6) is 5.75 Å². The molecule has 1 aromatic heterocycles. The maximum Gasteiger partial charge on any atom is 0.338 e. The Morgan fingerprint density at radius 1 is 0.895 bits per heavy atom. The van der Waals surface area contributed by atoms with E-state index in [1.54, 1.807) is 67.5 Å². The number of ether oxygens (including phenoxy) is 3. The number of H-pyrrole nitrogens is 1. The van der Waals surface area contributed by atoms with Crippen LogP contribution in [0.3, 0.4) is 0 Å². The predicted molar refractivity (Wildman–Crippen MR) is 139 cm³/mol. The van der Waals surface area contributed by atoms with Crippen molar-refractivity contribution in [3.8, 4) is 17.0 Å². The molecule has 1 amide bonds. The second-order valence-corrected chi connectivity index (χ2v) is 8.55. The number of anilines is 1. The van der Waals surface area contributed by atoms with Crippen LogP contribution in [0, 0.1) is 0 Å². The Balaban J connectivity index is 1.62. The first-order chi connectivity index (χ1) is 18.5. The standard InChI is InChI=1S/C29H25N3O6/c1-4-38-29(35)20-9-13-21(14-10-20)32-26(18-5-7-19(8-6-18)28(34)37-3)23-24(30-31-25(23)27(32)33)17-11-15-22(36-2)16-12-17/h5-16,26H,4H2,1-3H3,(H,30,31). The number of carbonyl (C=O) groups is 3. The summed E-state index contributed by atoms with van der Waals surface area (Å²) >= 11 is 0. The number of aromatic nitrogens is 2. The number of carbonyl (C=O) groups excluding carboxylic acids is 3. The molecule has 0 saturated heterocycles. The molecule has 0 radical (unpaired) electrons. The first-order valence-electron chi connectivity index (χ1n) is 12.0. The van der Waals surface area contributed by atoms with Crippen LogP contribution in [-0.2, 0) is 9.47 Å². The van der Waals surface area contributed by atoms with E-state index in [4.69, 9.17) is 14.2 Å². The van der Waals surface area contributed by atoms with Gasteiger partial charge in [0, 0.05) is 16.8 Å². The third-order valence-electron chi connectivity index (χ3n) is 6.44. The average Bonchev–Trinajstić information content (AvgIpc) is 3.51. The van der Waals surface area contributed by atoms with Crippen LogP contribution in [-0.4, -0.2) is 48.9 Å². The zero-order valence-electron chi connectivity index (χ0n) is 21.1. The highest BCUT2D eigenvalue weighted by Gasteiger charge is 2.43. The molecule has 1 N–H and O–H groups in total. The zero-order valence-corrected chi connectivity index (χ0v) is 21.1. The fraction of sp³-hybridized carbons (Fsp3) is 0.172. The Bertz CT molecular complexity index is 1490. The van der Waals surface area contributed by atoms with Gasteiger partial charge in [-0.05, 0) is 73.2 Å². The smallest absolute Gasteiger partial charge is 0.338 e. The minimum absolute atomic E-state index is 0.266. The first kappa shape index (κ1) is 24.8. The Hall–Kier alpha value is -4.92. The van der Waals surface area contributed by atoms with E-state index in [2.05, 4.69) is 10.2 Å². The molecule has 1 atom stereocenters. The van der Waals surface area contributed by atoms with Crippen LogP contribution in [0.15, 0.2) is 72.8 Å². The van der Waals surface area contributed by atoms with Crippen molar-refractivity contribution in [3.05, 3.63) is 101 Å². The van der Waals surface area contributed by atoms with E-state index >= 15 is 0 Å². The van der Waals surface area contributed by atoms with Gasteiger partial charge in [0.2, 0.25) is 0 Å². The molecule has 1 aliphatic rings. The summed E-state index contributed by atoms with van der Waals surface area (Å²) in [6, 6.07) is 20.5. The quantitative estimate of drug-likeness (QED) is 0.355. The maximum atomic E-state index is 13.7. The van der Waals surface area contributed by atoms with Gasteiger partial charge in [0.05, 0.1) is 43.7 Å². The Morgan fingerprint density at radius 3 is 2.13 bits per heavy atom. The van der Waals surface area contributed by atoms with Crippen molar-refractivity contribution >= 4 is 23.5 Å². The van der Waals surface area contributed by atoms with E-state index in [0.717, 1.165) is 11.1 Å². The summed E-state index contributed by atoms with van der Waals surface area (Å²) in [4.78, 5) is 39.6. The van der Waals surface area contributed by atoms with Crippen molar-refractivity contribution in [1.29, 1.82) is 0 Å². The highest BCUT2D eigenvalue weighted by atomic mass is 16.5. The van der Waals surface area contributed by atoms with E-state index in [-0.39, 0.29) is 12.5 Å². The Kier molecular flexibility index (Phi) is 6.66. The lowest BCUT2D eigenvalue weighted by atomic mass is 9.95. The highest BCUT2D eigenvalue weighted by molar-refractivity contribution is 6.12. The highest BCUT2D eigenvalue weighted by Crippen LogP contribution is 2.45. The number of amides is 1. The molecular formula is C29H25N3O6. The minimum Gasteiger partial charge on any atom is -0.497 e. The fourth-order valence-electron chi connectivity index (χ4n) is 4.59. The average molecular weight is 512 g/mol. The number of nitrogens with zero attached hydrogens (tertiary/aromatic N) is 2. The van der Waals surface area contributed by atoms with Crippen LogP contribution in [0.25, 0.3) is 11.3 Å². The van der Waals surface area contributed by atoms with Crippen LogP contribution in [0.2, 0.25) is 0 Å². The van der Waals surface area contributed by atoms with Crippen molar-refractivity contribution < 1.29 is 28.6 Å². The summed E-state index contributed by atoms with van der Waals surface area (Å²) < 4.78 is 15.2. The number of benzene rings is 3. The van der Waals surface area contributed by atoms with Crippen LogP contribution < -0.4 is 9.64 Å². The molecule has 3 aromatic carbocycles. The van der Waals surface area contributed by atoms with Crippen LogP contribution in [0.4, 0.5) is 5.69 Å². The number of esters is 2. The largest absolute Gasteiger partial charge is 0.497 e. The number of hydrogen-bond donors (Lipinski definition) is 1. The lowest BCUT2D eigenvalue weighted by molar-refractivity contribution is 0.0525. The second-order valence-electron chi connectivity index (χ2n) is 8.55. The van der Waals surface area contributed by atoms with Crippen molar-refractivity contribution in [2.45, 2.75) is 13.0 Å². The summed E-state index contributed by atoms with van der Waals surface area (Å²) in [6.45, 7) is 2.01. The third-order valence-corrected chi connectivity index (χ3v) is 6.44. The summed E-state index contributed by atoms with van der Waals surface area (Å²) in [5, 5.41) is 7.41. The Morgan fingerprint density at radius 2 is 1.53 bits per heavy atom. The SMILES string of the molecule is CCOC(=O)c1ccc(N2C(=O)c3[nH]nc(-c4ccc(OC)cc4)c3C2c2ccc(C(=O)OC)cc2)cc1. The molecule has 2 heterocycles. The molecule has 4 aromatic rings. The Labute approximate surface area is 218 Å². The predicted octanol–water partition coefficient (Wildman–Crippen LogP) is 4.80. The molecular weight excluding hydrogens is 486 g/mol. The van der Waals surface area contributed by atoms with Crippen molar-refractivity contribution in [1.82, 2.24) is 10.2 Å². The molecule has 38 heavy (non-hydrogen) atoms. The molecule has 1 aliphatic heterocycles. The molecule has 9 heteroatoms. The van der Waals surface area contributed by atoms with Gasteiger partial charge >= 0.3 is 11.9 Å². The molecule has 5 rings (SSSR count). The van der Waals surface area contributed by atoms with E-state index < -0.39 is 18.0 Å². The molecule has 0 aliphatic carbocycles. The molecule has 192 valence electrons. The van der Waals surface area contributed by atoms with Gasteiger partial charge in [-0.1, -0.05) is 12.1 Å². The van der Waals surface area contributed by atoms with E-state index in [1.807, 2.05) is 24.3 Å². The number of fused-ring (bicyclic) bond motifs is 1. The van der Waals surface area contributed by atoms with Crippen LogP contribution in [0.1, 0.15) is 55.3 Å². The van der Waals surface area contributed by atoms with Gasteiger partial charge in [-0.25, -0.2) is 9.59 Å². The molecule has 0 spiro atoms. The fourth-order valence-corrected chi connectivity index (χ4v) is 4.59. The van der Waals surface area contributed by atoms with Gasteiger partial charge in [-0.15, -0.1) is 0 Å². The monoisotopic (exact) mass is 511 g/mol. The normalized spacial score (nSPS) is 14.2. The van der Waals surface area contributed by atoms with E-state index in [1.165, 1.54) is 7.11 Å². The summed E-state index contributed by atoms with van der Waals surface area (Å²) in [7, 11) is 2.92. The van der Waals surface area contributed by atoms with Gasteiger partial charge in [-0.3, -0.25) is 14.8 Å². The summed E-state index contributed by atoms with van der Waals surface area (Å²) in [5.74, 6) is -0.445. The number of aromatic amines is 1. The van der Waals surface area contributed by atoms with Crippen molar-refractivity contribution in [3.63, 3.8) is 0 Å². The summed E-state index contributed by atoms with van der Waals surface area (Å²) in [6.07, 6.45) is 0. The molecule has 0 bridgehead atoms. The number of rotatable bonds is 7. The van der Waals surface area contributed by atoms with Gasteiger partial charge < -0.3 is 14.2 Å². The first-order valence-corrected chi connectivity index (χ1v) is 12.0. The van der Waals surface area contributed by atoms with E-state index in [9.17, 15) is 14.4 Å². The van der Waals surface area contributed by atoms with Crippen molar-refractivity contribution in [2.24, 2.45) is 0 Å². The number of methoxy groups -OCH3 is 2. The van der Waals surface area contributed by atoms with Crippen molar-refractivity contribution in [2.75, 3.05) is 25.7 Å². The van der Waals surface area contributed by atoms with Gasteiger partial charge in [0.1, 0.15) is 11.4 Å².